The van der Waals surface area contributed by atoms with Crippen molar-refractivity contribution in [2.24, 2.45) is 0 Å². The molecule has 0 radical (unpaired) electrons. The summed E-state index contributed by atoms with van der Waals surface area (Å²) < 4.78 is 9.00. The number of aromatic nitrogens is 4. The highest BCUT2D eigenvalue weighted by atomic mass is 16.3. The Bertz CT molecular complexity index is 3140. The first-order valence-electron chi connectivity index (χ1n) is 18.1. The van der Waals surface area contributed by atoms with Crippen LogP contribution < -0.4 is 0 Å². The second-order valence-electron chi connectivity index (χ2n) is 13.7. The summed E-state index contributed by atoms with van der Waals surface area (Å²) >= 11 is 0. The quantitative estimate of drug-likeness (QED) is 0.180. The van der Waals surface area contributed by atoms with Crippen LogP contribution >= 0.6 is 0 Å². The molecule has 0 N–H and O–H groups in total. The van der Waals surface area contributed by atoms with E-state index in [9.17, 15) is 0 Å². The van der Waals surface area contributed by atoms with Gasteiger partial charge in [-0.2, -0.15) is 0 Å². The van der Waals surface area contributed by atoms with Crippen molar-refractivity contribution in [3.63, 3.8) is 0 Å². The largest absolute Gasteiger partial charge is 0.456 e. The lowest BCUT2D eigenvalue weighted by Crippen LogP contribution is -2.01. The summed E-state index contributed by atoms with van der Waals surface area (Å²) in [5, 5.41) is 6.73. The van der Waals surface area contributed by atoms with Crippen LogP contribution in [0.4, 0.5) is 0 Å². The maximum absolute atomic E-state index is 6.65. The van der Waals surface area contributed by atoms with Gasteiger partial charge in [0.1, 0.15) is 11.2 Å². The molecular weight excluding hydrogens is 661 g/mol. The van der Waals surface area contributed by atoms with E-state index in [0.29, 0.717) is 17.5 Å². The van der Waals surface area contributed by atoms with E-state index in [1.54, 1.807) is 0 Å². The molecule has 5 nitrogen and oxygen atoms in total. The molecule has 252 valence electrons. The maximum Gasteiger partial charge on any atom is 0.164 e. The van der Waals surface area contributed by atoms with Gasteiger partial charge in [0.05, 0.1) is 16.7 Å². The Balaban J connectivity index is 1.20. The lowest BCUT2D eigenvalue weighted by atomic mass is 10.00. The van der Waals surface area contributed by atoms with E-state index < -0.39 is 0 Å². The minimum Gasteiger partial charge on any atom is -0.456 e. The van der Waals surface area contributed by atoms with Crippen LogP contribution in [0.15, 0.2) is 186 Å². The van der Waals surface area contributed by atoms with Gasteiger partial charge in [0, 0.05) is 44.3 Å². The summed E-state index contributed by atoms with van der Waals surface area (Å²) in [6, 6.07) is 63.4. The molecule has 0 saturated carbocycles. The molecule has 0 saturated heterocycles. The maximum atomic E-state index is 6.65. The Morgan fingerprint density at radius 2 is 0.981 bits per heavy atom. The van der Waals surface area contributed by atoms with Crippen molar-refractivity contribution in [2.75, 3.05) is 0 Å². The molecule has 5 heteroatoms. The number of hydrogen-bond acceptors (Lipinski definition) is 4. The molecule has 0 unspecified atom stereocenters. The molecule has 11 rings (SSSR count). The monoisotopic (exact) mass is 690 g/mol. The van der Waals surface area contributed by atoms with E-state index in [-0.39, 0.29) is 0 Å². The Labute approximate surface area is 310 Å². The Kier molecular flexibility index (Phi) is 6.79. The summed E-state index contributed by atoms with van der Waals surface area (Å²) in [4.78, 5) is 15.4. The third-order valence-electron chi connectivity index (χ3n) is 10.4. The van der Waals surface area contributed by atoms with Crippen molar-refractivity contribution < 1.29 is 4.42 Å². The average Bonchev–Trinajstić information content (AvgIpc) is 3.78. The minimum absolute atomic E-state index is 0.584. The zero-order chi connectivity index (χ0) is 35.6. The fourth-order valence-electron chi connectivity index (χ4n) is 7.88. The normalized spacial score (nSPS) is 11.7. The van der Waals surface area contributed by atoms with Crippen LogP contribution in [0.25, 0.3) is 105 Å². The van der Waals surface area contributed by atoms with E-state index in [2.05, 4.69) is 114 Å². The number of para-hydroxylation sites is 2. The smallest absolute Gasteiger partial charge is 0.164 e. The molecule has 0 aliphatic carbocycles. The van der Waals surface area contributed by atoms with E-state index in [4.69, 9.17) is 19.4 Å². The highest BCUT2D eigenvalue weighted by Gasteiger charge is 2.22. The van der Waals surface area contributed by atoms with Crippen molar-refractivity contribution in [1.82, 2.24) is 19.5 Å². The molecule has 0 aliphatic heterocycles. The highest BCUT2D eigenvalue weighted by molar-refractivity contribution is 6.16. The minimum atomic E-state index is 0.584. The van der Waals surface area contributed by atoms with Crippen LogP contribution in [-0.2, 0) is 0 Å². The number of benzene rings is 8. The molecule has 0 aliphatic rings. The fourth-order valence-corrected chi connectivity index (χ4v) is 7.88. The lowest BCUT2D eigenvalue weighted by Gasteiger charge is -2.13. The van der Waals surface area contributed by atoms with Crippen LogP contribution in [0.3, 0.4) is 0 Å². The Morgan fingerprint density at radius 3 is 1.70 bits per heavy atom. The van der Waals surface area contributed by atoms with Gasteiger partial charge >= 0.3 is 0 Å². The molecule has 0 amide bonds. The molecule has 0 spiro atoms. The van der Waals surface area contributed by atoms with Crippen molar-refractivity contribution in [3.8, 4) is 51.0 Å². The van der Waals surface area contributed by atoms with E-state index in [1.807, 2.05) is 72.8 Å². The molecular formula is C49H30N4O. The van der Waals surface area contributed by atoms with Gasteiger partial charge in [0.2, 0.25) is 0 Å². The van der Waals surface area contributed by atoms with E-state index >= 15 is 0 Å². The SMILES string of the molecule is c1ccc(-c2ccc3cc4c(cc3c2)c2ccccc2n4-c2cc(-c3nc(-c4ccccc4)nc(-c4ccccc4)n3)c3c(c2)oc2ccccc23)cc1. The zero-order valence-electron chi connectivity index (χ0n) is 29.0. The molecule has 0 bridgehead atoms. The number of rotatable bonds is 5. The lowest BCUT2D eigenvalue weighted by molar-refractivity contribution is 0.668. The molecule has 11 aromatic rings. The van der Waals surface area contributed by atoms with Gasteiger partial charge in [-0.3, -0.25) is 0 Å². The number of nitrogens with zero attached hydrogens (tertiary/aromatic N) is 4. The highest BCUT2D eigenvalue weighted by Crippen LogP contribution is 2.41. The predicted molar refractivity (Wildman–Crippen MR) is 221 cm³/mol. The van der Waals surface area contributed by atoms with Gasteiger partial charge in [0.25, 0.3) is 0 Å². The average molecular weight is 691 g/mol. The standard InChI is InChI=1S/C49H30N4O/c1-4-14-31(15-5-1)34-24-25-35-28-43-40(27-36(35)26-34)38-20-10-12-22-42(38)53(43)37-29-41(46-39-21-11-13-23-44(39)54-45(46)30-37)49-51-47(32-16-6-2-7-17-32)50-48(52-49)33-18-8-3-9-19-33/h1-30H. The van der Waals surface area contributed by atoms with Crippen LogP contribution in [0.2, 0.25) is 0 Å². The summed E-state index contributed by atoms with van der Waals surface area (Å²) in [6.07, 6.45) is 0. The van der Waals surface area contributed by atoms with Crippen LogP contribution in [0.1, 0.15) is 0 Å². The van der Waals surface area contributed by atoms with Gasteiger partial charge in [-0.05, 0) is 58.3 Å². The first kappa shape index (κ1) is 30.3. The number of hydrogen-bond donors (Lipinski definition) is 0. The summed E-state index contributed by atoms with van der Waals surface area (Å²) in [7, 11) is 0. The first-order valence-corrected chi connectivity index (χ1v) is 18.1. The number of furan rings is 1. The summed E-state index contributed by atoms with van der Waals surface area (Å²) in [5.41, 5.74) is 9.90. The third kappa shape index (κ3) is 4.90. The summed E-state index contributed by atoms with van der Waals surface area (Å²) in [6.45, 7) is 0. The van der Waals surface area contributed by atoms with Crippen LogP contribution in [0, 0.1) is 0 Å². The van der Waals surface area contributed by atoms with Gasteiger partial charge in [-0.25, -0.2) is 15.0 Å². The van der Waals surface area contributed by atoms with Gasteiger partial charge < -0.3 is 8.98 Å². The van der Waals surface area contributed by atoms with Crippen molar-refractivity contribution in [1.29, 1.82) is 0 Å². The fraction of sp³-hybridized carbons (Fsp3) is 0. The second-order valence-corrected chi connectivity index (χ2v) is 13.7. The van der Waals surface area contributed by atoms with Gasteiger partial charge in [-0.1, -0.05) is 140 Å². The van der Waals surface area contributed by atoms with E-state index in [1.165, 1.54) is 32.7 Å². The Hall–Kier alpha value is -7.37. The molecule has 0 atom stereocenters. The van der Waals surface area contributed by atoms with Gasteiger partial charge in [0.15, 0.2) is 17.5 Å². The molecule has 54 heavy (non-hydrogen) atoms. The Morgan fingerprint density at radius 1 is 0.370 bits per heavy atom. The topological polar surface area (TPSA) is 56.7 Å². The van der Waals surface area contributed by atoms with Crippen molar-refractivity contribution in [3.05, 3.63) is 182 Å². The molecule has 3 heterocycles. The molecule has 3 aromatic heterocycles. The van der Waals surface area contributed by atoms with E-state index in [0.717, 1.165) is 55.3 Å². The predicted octanol–water partition coefficient (Wildman–Crippen LogP) is 12.7. The van der Waals surface area contributed by atoms with Gasteiger partial charge in [-0.15, -0.1) is 0 Å². The van der Waals surface area contributed by atoms with Crippen molar-refractivity contribution >= 4 is 54.5 Å². The molecule has 0 fully saturated rings. The van der Waals surface area contributed by atoms with Crippen LogP contribution in [0.5, 0.6) is 0 Å². The van der Waals surface area contributed by atoms with Crippen molar-refractivity contribution in [2.45, 2.75) is 0 Å². The van der Waals surface area contributed by atoms with Crippen LogP contribution in [-0.4, -0.2) is 19.5 Å². The first-order chi connectivity index (χ1) is 26.7. The number of fused-ring (bicyclic) bond motifs is 7. The molecule has 8 aromatic carbocycles. The summed E-state index contributed by atoms with van der Waals surface area (Å²) in [5.74, 6) is 1.81. The third-order valence-corrected chi connectivity index (χ3v) is 10.4. The second kappa shape index (κ2) is 12.1. The zero-order valence-corrected chi connectivity index (χ0v) is 29.0.